The summed E-state index contributed by atoms with van der Waals surface area (Å²) in [6.45, 7) is 10.3. The Morgan fingerprint density at radius 2 is 1.77 bits per heavy atom. The smallest absolute Gasteiger partial charge is 0.124 e. The molecular weight excluding hydrogens is 270 g/mol. The second kappa shape index (κ2) is 7.88. The number of benzene rings is 2. The highest BCUT2D eigenvalue weighted by Gasteiger charge is 2.05. The van der Waals surface area contributed by atoms with Crippen LogP contribution >= 0.6 is 0 Å². The van der Waals surface area contributed by atoms with E-state index in [1.165, 1.54) is 22.4 Å². The molecule has 0 aromatic heterocycles. The van der Waals surface area contributed by atoms with E-state index in [9.17, 15) is 0 Å². The van der Waals surface area contributed by atoms with Crippen molar-refractivity contribution in [2.24, 2.45) is 5.92 Å². The van der Waals surface area contributed by atoms with Crippen molar-refractivity contribution < 1.29 is 4.74 Å². The van der Waals surface area contributed by atoms with Gasteiger partial charge in [0.2, 0.25) is 0 Å². The van der Waals surface area contributed by atoms with Gasteiger partial charge in [0.05, 0.1) is 6.61 Å². The van der Waals surface area contributed by atoms with Gasteiger partial charge >= 0.3 is 0 Å². The van der Waals surface area contributed by atoms with Crippen LogP contribution in [0.5, 0.6) is 5.75 Å². The second-order valence-corrected chi connectivity index (χ2v) is 6.24. The van der Waals surface area contributed by atoms with Crippen LogP contribution in [0.1, 0.15) is 37.0 Å². The maximum absolute atomic E-state index is 5.95. The summed E-state index contributed by atoms with van der Waals surface area (Å²) >= 11 is 0. The molecule has 0 aliphatic rings. The molecule has 2 heteroatoms. The first-order valence-corrected chi connectivity index (χ1v) is 8.08. The molecule has 22 heavy (non-hydrogen) atoms. The van der Waals surface area contributed by atoms with Gasteiger partial charge in [-0.1, -0.05) is 44.2 Å². The van der Waals surface area contributed by atoms with Crippen LogP contribution in [0.15, 0.2) is 42.5 Å². The molecule has 1 N–H and O–H groups in total. The fourth-order valence-corrected chi connectivity index (χ4v) is 2.33. The Morgan fingerprint density at radius 1 is 1.00 bits per heavy atom. The molecule has 0 bridgehead atoms. The molecule has 0 aliphatic carbocycles. The lowest BCUT2D eigenvalue weighted by Gasteiger charge is -2.15. The van der Waals surface area contributed by atoms with Gasteiger partial charge in [-0.3, -0.25) is 0 Å². The molecule has 2 rings (SSSR count). The van der Waals surface area contributed by atoms with E-state index in [1.807, 2.05) is 6.07 Å². The molecule has 118 valence electrons. The first-order valence-electron chi connectivity index (χ1n) is 8.08. The number of anilines is 1. The van der Waals surface area contributed by atoms with Crippen molar-refractivity contribution in [3.63, 3.8) is 0 Å². The van der Waals surface area contributed by atoms with E-state index in [2.05, 4.69) is 69.4 Å². The Morgan fingerprint density at radius 3 is 2.55 bits per heavy atom. The van der Waals surface area contributed by atoms with Gasteiger partial charge in [-0.2, -0.15) is 0 Å². The molecule has 2 nitrogen and oxygen atoms in total. The summed E-state index contributed by atoms with van der Waals surface area (Å²) in [4.78, 5) is 0. The first-order chi connectivity index (χ1) is 10.6. The number of aryl methyl sites for hydroxylation is 1. The van der Waals surface area contributed by atoms with Gasteiger partial charge in [-0.05, 0) is 49.4 Å². The summed E-state index contributed by atoms with van der Waals surface area (Å²) in [5.74, 6) is 1.65. The van der Waals surface area contributed by atoms with Crippen LogP contribution in [-0.2, 0) is 6.54 Å². The quantitative estimate of drug-likeness (QED) is 0.744. The van der Waals surface area contributed by atoms with Gasteiger partial charge in [0.25, 0.3) is 0 Å². The van der Waals surface area contributed by atoms with Crippen LogP contribution in [0.4, 0.5) is 5.69 Å². The predicted molar refractivity (Wildman–Crippen MR) is 94.6 cm³/mol. The highest BCUT2D eigenvalue weighted by atomic mass is 16.5. The zero-order valence-electron chi connectivity index (χ0n) is 14.1. The van der Waals surface area contributed by atoms with E-state index < -0.39 is 0 Å². The molecule has 0 unspecified atom stereocenters. The molecule has 0 saturated heterocycles. The van der Waals surface area contributed by atoms with Gasteiger partial charge in [-0.25, -0.2) is 0 Å². The lowest BCUT2D eigenvalue weighted by molar-refractivity contribution is 0.287. The minimum Gasteiger partial charge on any atom is -0.493 e. The van der Waals surface area contributed by atoms with Crippen LogP contribution in [0, 0.1) is 19.8 Å². The minimum absolute atomic E-state index is 0.667. The topological polar surface area (TPSA) is 21.3 Å². The second-order valence-electron chi connectivity index (χ2n) is 6.24. The lowest BCUT2D eigenvalue weighted by Crippen LogP contribution is -2.06. The van der Waals surface area contributed by atoms with Crippen LogP contribution in [0.3, 0.4) is 0 Å². The summed E-state index contributed by atoms with van der Waals surface area (Å²) in [6, 6.07) is 14.6. The maximum Gasteiger partial charge on any atom is 0.124 e. The van der Waals surface area contributed by atoms with Gasteiger partial charge < -0.3 is 10.1 Å². The molecule has 0 saturated carbocycles. The van der Waals surface area contributed by atoms with Crippen LogP contribution in [-0.4, -0.2) is 6.61 Å². The third-order valence-corrected chi connectivity index (χ3v) is 4.00. The van der Waals surface area contributed by atoms with E-state index in [4.69, 9.17) is 4.74 Å². The third-order valence-electron chi connectivity index (χ3n) is 4.00. The zero-order valence-corrected chi connectivity index (χ0v) is 14.1. The SMILES string of the molecule is Cc1cccc(NCc2ccccc2OCCC(C)C)c1C. The van der Waals surface area contributed by atoms with Crippen LogP contribution in [0.2, 0.25) is 0 Å². The van der Waals surface area contributed by atoms with E-state index in [-0.39, 0.29) is 0 Å². The largest absolute Gasteiger partial charge is 0.493 e. The summed E-state index contributed by atoms with van der Waals surface area (Å²) in [5, 5.41) is 3.53. The Balaban J connectivity index is 2.02. The fourth-order valence-electron chi connectivity index (χ4n) is 2.33. The van der Waals surface area contributed by atoms with Crippen molar-refractivity contribution in [3.8, 4) is 5.75 Å². The average molecular weight is 297 g/mol. The number of para-hydroxylation sites is 1. The predicted octanol–water partition coefficient (Wildman–Crippen LogP) is 5.34. The number of rotatable bonds is 7. The molecule has 0 heterocycles. The van der Waals surface area contributed by atoms with Gasteiger partial charge in [0, 0.05) is 17.8 Å². The third kappa shape index (κ3) is 4.52. The van der Waals surface area contributed by atoms with E-state index in [1.54, 1.807) is 0 Å². The Labute approximate surface area is 134 Å². The molecule has 2 aromatic carbocycles. The number of nitrogens with one attached hydrogen (secondary N) is 1. The van der Waals surface area contributed by atoms with Crippen LogP contribution in [0.25, 0.3) is 0 Å². The first kappa shape index (κ1) is 16.4. The summed E-state index contributed by atoms with van der Waals surface area (Å²) in [6.07, 6.45) is 1.08. The monoisotopic (exact) mass is 297 g/mol. The molecule has 0 atom stereocenters. The summed E-state index contributed by atoms with van der Waals surface area (Å²) in [7, 11) is 0. The highest BCUT2D eigenvalue weighted by molar-refractivity contribution is 5.54. The molecule has 0 radical (unpaired) electrons. The van der Waals surface area contributed by atoms with Crippen LogP contribution < -0.4 is 10.1 Å². The number of hydrogen-bond donors (Lipinski definition) is 1. The Kier molecular flexibility index (Phi) is 5.88. The zero-order chi connectivity index (χ0) is 15.9. The molecule has 2 aromatic rings. The minimum atomic E-state index is 0.667. The highest BCUT2D eigenvalue weighted by Crippen LogP contribution is 2.22. The van der Waals surface area contributed by atoms with E-state index >= 15 is 0 Å². The fraction of sp³-hybridized carbons (Fsp3) is 0.400. The van der Waals surface area contributed by atoms with Crippen molar-refractivity contribution in [2.45, 2.75) is 40.7 Å². The molecular formula is C20H27NO. The van der Waals surface area contributed by atoms with Gasteiger partial charge in [0.1, 0.15) is 5.75 Å². The van der Waals surface area contributed by atoms with Crippen molar-refractivity contribution in [1.29, 1.82) is 0 Å². The number of ether oxygens (including phenoxy) is 1. The lowest BCUT2D eigenvalue weighted by atomic mass is 10.1. The number of hydrogen-bond acceptors (Lipinski definition) is 2. The normalized spacial score (nSPS) is 10.8. The Bertz CT molecular complexity index is 604. The average Bonchev–Trinajstić information content (AvgIpc) is 2.49. The Hall–Kier alpha value is -1.96. The molecule has 0 aliphatic heterocycles. The van der Waals surface area contributed by atoms with Gasteiger partial charge in [-0.15, -0.1) is 0 Å². The van der Waals surface area contributed by atoms with Crippen molar-refractivity contribution in [1.82, 2.24) is 0 Å². The molecule has 0 spiro atoms. The van der Waals surface area contributed by atoms with Crippen molar-refractivity contribution in [3.05, 3.63) is 59.2 Å². The van der Waals surface area contributed by atoms with Crippen molar-refractivity contribution in [2.75, 3.05) is 11.9 Å². The molecule has 0 fully saturated rings. The summed E-state index contributed by atoms with van der Waals surface area (Å²) < 4.78 is 5.95. The standard InChI is InChI=1S/C20H27NO/c1-15(2)12-13-22-20-11-6-5-9-18(20)14-21-19-10-7-8-16(3)17(19)4/h5-11,15,21H,12-14H2,1-4H3. The van der Waals surface area contributed by atoms with E-state index in [0.717, 1.165) is 25.3 Å². The van der Waals surface area contributed by atoms with E-state index in [0.29, 0.717) is 5.92 Å². The van der Waals surface area contributed by atoms with Crippen molar-refractivity contribution >= 4 is 5.69 Å². The maximum atomic E-state index is 5.95. The summed E-state index contributed by atoms with van der Waals surface area (Å²) in [5.41, 5.74) is 5.01. The molecule has 0 amide bonds. The van der Waals surface area contributed by atoms with Gasteiger partial charge in [0.15, 0.2) is 0 Å².